The van der Waals surface area contributed by atoms with Crippen molar-refractivity contribution in [3.05, 3.63) is 0 Å². The van der Waals surface area contributed by atoms with Gasteiger partial charge in [-0.1, -0.05) is 13.3 Å². The Morgan fingerprint density at radius 3 is 2.55 bits per heavy atom. The van der Waals surface area contributed by atoms with Gasteiger partial charge in [0.05, 0.1) is 6.61 Å². The summed E-state index contributed by atoms with van der Waals surface area (Å²) in [6.45, 7) is 4.01. The lowest BCUT2D eigenvalue weighted by Gasteiger charge is -2.15. The molecule has 20 heavy (non-hydrogen) atoms. The number of rotatable bonds is 12. The lowest BCUT2D eigenvalue weighted by Crippen LogP contribution is -2.46. The van der Waals surface area contributed by atoms with Gasteiger partial charge in [-0.3, -0.25) is 0 Å². The first-order valence-electron chi connectivity index (χ1n) is 6.95. The van der Waals surface area contributed by atoms with Crippen LogP contribution in [0.1, 0.15) is 32.6 Å². The zero-order valence-corrected chi connectivity index (χ0v) is 12.3. The highest BCUT2D eigenvalue weighted by molar-refractivity contribution is 5.82. The summed E-state index contributed by atoms with van der Waals surface area (Å²) in [5.41, 5.74) is 0. The van der Waals surface area contributed by atoms with Crippen LogP contribution in [0.15, 0.2) is 0 Å². The molecule has 7 nitrogen and oxygen atoms in total. The molecule has 0 aliphatic carbocycles. The van der Waals surface area contributed by atoms with Crippen LogP contribution in [0.2, 0.25) is 0 Å². The predicted molar refractivity (Wildman–Crippen MR) is 74.8 cm³/mol. The molecular formula is C13H26N2O5. The number of carbonyl (C=O) groups is 2. The Labute approximate surface area is 120 Å². The number of nitrogens with one attached hydrogen (secondary N) is 2. The summed E-state index contributed by atoms with van der Waals surface area (Å²) < 4.78 is 10.1. The van der Waals surface area contributed by atoms with Crippen LogP contribution in [0, 0.1) is 0 Å². The molecule has 0 rings (SSSR count). The van der Waals surface area contributed by atoms with Crippen LogP contribution in [0.3, 0.4) is 0 Å². The maximum absolute atomic E-state index is 11.5. The van der Waals surface area contributed by atoms with E-state index in [2.05, 4.69) is 17.6 Å². The van der Waals surface area contributed by atoms with Gasteiger partial charge in [-0.2, -0.15) is 0 Å². The van der Waals surface area contributed by atoms with E-state index in [0.29, 0.717) is 39.2 Å². The summed E-state index contributed by atoms with van der Waals surface area (Å²) in [5.74, 6) is -1.05. The Hall–Kier alpha value is -1.34. The largest absolute Gasteiger partial charge is 0.480 e. The van der Waals surface area contributed by atoms with E-state index in [1.165, 1.54) is 0 Å². The average Bonchev–Trinajstić information content (AvgIpc) is 2.41. The molecule has 0 aromatic heterocycles. The molecule has 0 aliphatic rings. The van der Waals surface area contributed by atoms with E-state index in [-0.39, 0.29) is 0 Å². The number of amides is 2. The van der Waals surface area contributed by atoms with Crippen molar-refractivity contribution in [1.82, 2.24) is 10.6 Å². The molecule has 118 valence electrons. The molecule has 0 aliphatic heterocycles. The van der Waals surface area contributed by atoms with Crippen molar-refractivity contribution < 1.29 is 24.2 Å². The number of hydrogen-bond donors (Lipinski definition) is 3. The SMILES string of the molecule is CCCCOCCNC(=O)NC(CCCOC)C(=O)O. The molecule has 0 spiro atoms. The standard InChI is InChI=1S/C13H26N2O5/c1-3-4-9-20-10-7-14-13(18)15-11(12(16)17)6-5-8-19-2/h11H,3-10H2,1-2H3,(H,16,17)(H2,14,15,18). The lowest BCUT2D eigenvalue weighted by molar-refractivity contribution is -0.139. The third-order valence-corrected chi connectivity index (χ3v) is 2.62. The van der Waals surface area contributed by atoms with E-state index in [9.17, 15) is 9.59 Å². The van der Waals surface area contributed by atoms with Gasteiger partial charge in [-0.05, 0) is 19.3 Å². The van der Waals surface area contributed by atoms with Crippen LogP contribution in [-0.4, -0.2) is 56.6 Å². The van der Waals surface area contributed by atoms with E-state index in [0.717, 1.165) is 12.8 Å². The van der Waals surface area contributed by atoms with Crippen molar-refractivity contribution in [2.24, 2.45) is 0 Å². The number of carboxylic acids is 1. The molecule has 2 amide bonds. The molecule has 0 saturated heterocycles. The molecule has 0 heterocycles. The Morgan fingerprint density at radius 1 is 1.20 bits per heavy atom. The number of methoxy groups -OCH3 is 1. The Morgan fingerprint density at radius 2 is 1.95 bits per heavy atom. The quantitative estimate of drug-likeness (QED) is 0.466. The van der Waals surface area contributed by atoms with Crippen LogP contribution in [0.4, 0.5) is 4.79 Å². The normalized spacial score (nSPS) is 11.9. The molecule has 0 fully saturated rings. The minimum Gasteiger partial charge on any atom is -0.480 e. The fourth-order valence-corrected chi connectivity index (χ4v) is 1.48. The smallest absolute Gasteiger partial charge is 0.326 e. The summed E-state index contributed by atoms with van der Waals surface area (Å²) in [4.78, 5) is 22.5. The maximum atomic E-state index is 11.5. The van der Waals surface area contributed by atoms with Crippen molar-refractivity contribution in [2.75, 3.05) is 33.5 Å². The molecule has 0 aromatic rings. The van der Waals surface area contributed by atoms with Gasteiger partial charge in [-0.15, -0.1) is 0 Å². The molecule has 7 heteroatoms. The van der Waals surface area contributed by atoms with Crippen molar-refractivity contribution >= 4 is 12.0 Å². The summed E-state index contributed by atoms with van der Waals surface area (Å²) in [5, 5.41) is 14.0. The number of hydrogen-bond acceptors (Lipinski definition) is 4. The highest BCUT2D eigenvalue weighted by Gasteiger charge is 2.18. The zero-order chi connectivity index (χ0) is 15.2. The first-order valence-corrected chi connectivity index (χ1v) is 6.95. The number of carboxylic acid groups (broad SMARTS) is 1. The van der Waals surface area contributed by atoms with Crippen molar-refractivity contribution in [1.29, 1.82) is 0 Å². The van der Waals surface area contributed by atoms with Crippen LogP contribution >= 0.6 is 0 Å². The highest BCUT2D eigenvalue weighted by atomic mass is 16.5. The van der Waals surface area contributed by atoms with Gasteiger partial charge >= 0.3 is 12.0 Å². The van der Waals surface area contributed by atoms with E-state index in [1.54, 1.807) is 7.11 Å². The van der Waals surface area contributed by atoms with Crippen LogP contribution < -0.4 is 10.6 Å². The van der Waals surface area contributed by atoms with Gasteiger partial charge in [0.2, 0.25) is 0 Å². The molecule has 0 saturated carbocycles. The van der Waals surface area contributed by atoms with Crippen molar-refractivity contribution in [3.63, 3.8) is 0 Å². The number of ether oxygens (including phenoxy) is 2. The van der Waals surface area contributed by atoms with Crippen LogP contribution in [0.25, 0.3) is 0 Å². The van der Waals surface area contributed by atoms with Gasteiger partial charge in [0.15, 0.2) is 0 Å². The Kier molecular flexibility index (Phi) is 11.8. The average molecular weight is 290 g/mol. The Bertz CT molecular complexity index is 273. The molecule has 0 aromatic carbocycles. The topological polar surface area (TPSA) is 96.9 Å². The molecular weight excluding hydrogens is 264 g/mol. The fraction of sp³-hybridized carbons (Fsp3) is 0.846. The summed E-state index contributed by atoms with van der Waals surface area (Å²) in [6, 6.07) is -1.39. The summed E-state index contributed by atoms with van der Waals surface area (Å²) in [7, 11) is 1.55. The fourth-order valence-electron chi connectivity index (χ4n) is 1.48. The number of unbranched alkanes of at least 4 members (excludes halogenated alkanes) is 1. The highest BCUT2D eigenvalue weighted by Crippen LogP contribution is 1.98. The minimum absolute atomic E-state index is 0.337. The summed E-state index contributed by atoms with van der Waals surface area (Å²) >= 11 is 0. The second kappa shape index (κ2) is 12.7. The van der Waals surface area contributed by atoms with Crippen molar-refractivity contribution in [3.8, 4) is 0 Å². The molecule has 0 radical (unpaired) electrons. The number of carbonyl (C=O) groups excluding carboxylic acids is 1. The first kappa shape index (κ1) is 18.7. The third-order valence-electron chi connectivity index (χ3n) is 2.62. The summed E-state index contributed by atoms with van der Waals surface area (Å²) in [6.07, 6.45) is 2.97. The molecule has 1 atom stereocenters. The zero-order valence-electron chi connectivity index (χ0n) is 12.3. The first-order chi connectivity index (χ1) is 9.61. The van der Waals surface area contributed by atoms with Gasteiger partial charge in [0.25, 0.3) is 0 Å². The van der Waals surface area contributed by atoms with Gasteiger partial charge in [0.1, 0.15) is 6.04 Å². The maximum Gasteiger partial charge on any atom is 0.326 e. The molecule has 3 N–H and O–H groups in total. The monoisotopic (exact) mass is 290 g/mol. The van der Waals surface area contributed by atoms with E-state index in [4.69, 9.17) is 14.6 Å². The van der Waals surface area contributed by atoms with Gasteiger partial charge in [0, 0.05) is 26.9 Å². The van der Waals surface area contributed by atoms with E-state index >= 15 is 0 Å². The van der Waals surface area contributed by atoms with E-state index in [1.807, 2.05) is 0 Å². The van der Waals surface area contributed by atoms with Crippen LogP contribution in [0.5, 0.6) is 0 Å². The second-order valence-electron chi connectivity index (χ2n) is 4.39. The van der Waals surface area contributed by atoms with E-state index < -0.39 is 18.0 Å². The van der Waals surface area contributed by atoms with Gasteiger partial charge in [-0.25, -0.2) is 9.59 Å². The number of aliphatic carboxylic acids is 1. The number of urea groups is 1. The van der Waals surface area contributed by atoms with Crippen LogP contribution in [-0.2, 0) is 14.3 Å². The molecule has 1 unspecified atom stereocenters. The van der Waals surface area contributed by atoms with Gasteiger partial charge < -0.3 is 25.2 Å². The third kappa shape index (κ3) is 10.6. The Balaban J connectivity index is 3.75. The molecule has 0 bridgehead atoms. The second-order valence-corrected chi connectivity index (χ2v) is 4.39. The minimum atomic E-state index is -1.05. The van der Waals surface area contributed by atoms with Crippen molar-refractivity contribution in [2.45, 2.75) is 38.6 Å². The predicted octanol–water partition coefficient (Wildman–Crippen LogP) is 0.982. The lowest BCUT2D eigenvalue weighted by atomic mass is 10.1.